The summed E-state index contributed by atoms with van der Waals surface area (Å²) in [6.45, 7) is 0. The van der Waals surface area contributed by atoms with Crippen LogP contribution >= 0.6 is 11.6 Å². The van der Waals surface area contributed by atoms with Crippen molar-refractivity contribution in [3.63, 3.8) is 0 Å². The number of carbonyl (C=O) groups is 3. The molecule has 0 aromatic heterocycles. The first kappa shape index (κ1) is 23.6. The van der Waals surface area contributed by atoms with E-state index in [9.17, 15) is 14.4 Å². The van der Waals surface area contributed by atoms with Gasteiger partial charge in [0.05, 0.1) is 17.0 Å². The third kappa shape index (κ3) is 3.23. The second-order valence-corrected chi connectivity index (χ2v) is 10.6. The maximum Gasteiger partial charge on any atom is 0.238 e. The van der Waals surface area contributed by atoms with E-state index < -0.39 is 23.4 Å². The van der Waals surface area contributed by atoms with Crippen LogP contribution in [0.2, 0.25) is 5.02 Å². The van der Waals surface area contributed by atoms with Crippen molar-refractivity contribution in [3.05, 3.63) is 142 Å². The van der Waals surface area contributed by atoms with Crippen LogP contribution in [0, 0.1) is 5.92 Å². The molecule has 4 aromatic carbocycles. The molecule has 7 rings (SSSR count). The molecule has 3 heterocycles. The zero-order valence-electron chi connectivity index (χ0n) is 20.8. The first-order valence-corrected chi connectivity index (χ1v) is 13.2. The zero-order valence-corrected chi connectivity index (χ0v) is 21.5. The largest absolute Gasteiger partial charge is 0.358 e. The highest BCUT2D eigenvalue weighted by atomic mass is 35.5. The molecule has 0 bridgehead atoms. The normalized spacial score (nSPS) is 24.2. The molecule has 1 amide bonds. The highest BCUT2D eigenvalue weighted by Gasteiger charge is 2.70. The Morgan fingerprint density at radius 2 is 1.49 bits per heavy atom. The van der Waals surface area contributed by atoms with Crippen LogP contribution in [0.25, 0.3) is 6.08 Å². The van der Waals surface area contributed by atoms with Crippen molar-refractivity contribution in [3.8, 4) is 0 Å². The van der Waals surface area contributed by atoms with E-state index >= 15 is 0 Å². The first-order chi connectivity index (χ1) is 19.0. The number of benzene rings is 4. The summed E-state index contributed by atoms with van der Waals surface area (Å²) in [5.74, 6) is -1.89. The second kappa shape index (κ2) is 8.79. The lowest BCUT2D eigenvalue weighted by Crippen LogP contribution is -2.49. The van der Waals surface area contributed by atoms with Crippen molar-refractivity contribution in [1.82, 2.24) is 4.90 Å². The standard InChI is InChI=1S/C33H23ClN2O3/c34-25-16-8-6-14-23(25)30(38)27-28(29(37)21-11-2-1-3-12-21)36-19-18-20-10-4-5-13-22(20)31(36)33(27)24-15-7-9-17-26(24)35-32(33)39/h1-19,27-28,31H,(H,35,39)/t27-,28+,31+,33+/m1/s1. The van der Waals surface area contributed by atoms with E-state index in [-0.39, 0.29) is 22.5 Å². The zero-order chi connectivity index (χ0) is 26.7. The summed E-state index contributed by atoms with van der Waals surface area (Å²) in [6, 6.07) is 29.6. The molecule has 1 saturated heterocycles. The third-order valence-corrected chi connectivity index (χ3v) is 8.65. The number of ketones is 2. The number of hydrogen-bond donors (Lipinski definition) is 1. The summed E-state index contributed by atoms with van der Waals surface area (Å²) in [6.07, 6.45) is 3.82. The number of halogens is 1. The molecule has 1 N–H and O–H groups in total. The minimum atomic E-state index is -1.37. The van der Waals surface area contributed by atoms with Crippen LogP contribution in [0.4, 0.5) is 5.69 Å². The first-order valence-electron chi connectivity index (χ1n) is 12.9. The smallest absolute Gasteiger partial charge is 0.238 e. The van der Waals surface area contributed by atoms with Crippen molar-refractivity contribution in [2.24, 2.45) is 5.92 Å². The van der Waals surface area contributed by atoms with Crippen molar-refractivity contribution in [1.29, 1.82) is 0 Å². The molecule has 4 aromatic rings. The number of nitrogens with zero attached hydrogens (tertiary/aromatic N) is 1. The second-order valence-electron chi connectivity index (χ2n) is 10.2. The Balaban J connectivity index is 1.56. The van der Waals surface area contributed by atoms with Gasteiger partial charge in [-0.1, -0.05) is 96.5 Å². The Hall–Kier alpha value is -4.48. The molecule has 3 aliphatic heterocycles. The summed E-state index contributed by atoms with van der Waals surface area (Å²) in [7, 11) is 0. The molecular weight excluding hydrogens is 508 g/mol. The van der Waals surface area contributed by atoms with E-state index in [2.05, 4.69) is 5.32 Å². The number of Topliss-reactive ketones (excluding diaryl/α,β-unsaturated/α-hetero) is 2. The Morgan fingerprint density at radius 3 is 2.31 bits per heavy atom. The van der Waals surface area contributed by atoms with Gasteiger partial charge in [0.15, 0.2) is 11.6 Å². The highest BCUT2D eigenvalue weighted by molar-refractivity contribution is 6.34. The van der Waals surface area contributed by atoms with Gasteiger partial charge in [-0.15, -0.1) is 0 Å². The van der Waals surface area contributed by atoms with Gasteiger partial charge in [0.25, 0.3) is 0 Å². The van der Waals surface area contributed by atoms with Gasteiger partial charge >= 0.3 is 0 Å². The van der Waals surface area contributed by atoms with Gasteiger partial charge in [-0.2, -0.15) is 0 Å². The monoisotopic (exact) mass is 530 g/mol. The SMILES string of the molecule is O=C(c1ccccc1)[C@@H]1[C@H](C(=O)c2ccccc2Cl)[C@]2(C(=O)Nc3ccccc32)[C@@H]2c3ccccc3C=CN12. The van der Waals surface area contributed by atoms with E-state index in [1.54, 1.807) is 48.5 Å². The molecule has 39 heavy (non-hydrogen) atoms. The van der Waals surface area contributed by atoms with Crippen LogP contribution in [0.1, 0.15) is 43.4 Å². The minimum absolute atomic E-state index is 0.218. The predicted octanol–water partition coefficient (Wildman–Crippen LogP) is 6.32. The Morgan fingerprint density at radius 1 is 0.795 bits per heavy atom. The van der Waals surface area contributed by atoms with Crippen LogP contribution in [0.5, 0.6) is 0 Å². The number of fused-ring (bicyclic) bond motifs is 6. The van der Waals surface area contributed by atoms with Gasteiger partial charge in [0.2, 0.25) is 5.91 Å². The lowest BCUT2D eigenvalue weighted by atomic mass is 9.62. The van der Waals surface area contributed by atoms with Gasteiger partial charge in [-0.3, -0.25) is 14.4 Å². The Bertz CT molecular complexity index is 1700. The lowest BCUT2D eigenvalue weighted by Gasteiger charge is -2.38. The summed E-state index contributed by atoms with van der Waals surface area (Å²) in [5.41, 5.74) is 2.61. The summed E-state index contributed by atoms with van der Waals surface area (Å²) < 4.78 is 0. The number of carbonyl (C=O) groups excluding carboxylic acids is 3. The lowest BCUT2D eigenvalue weighted by molar-refractivity contribution is -0.122. The third-order valence-electron chi connectivity index (χ3n) is 8.32. The summed E-state index contributed by atoms with van der Waals surface area (Å²) >= 11 is 6.57. The number of hydrogen-bond acceptors (Lipinski definition) is 4. The fraction of sp³-hybridized carbons (Fsp3) is 0.121. The average molecular weight is 531 g/mol. The molecule has 0 radical (unpaired) electrons. The van der Waals surface area contributed by atoms with Gasteiger partial charge < -0.3 is 10.2 Å². The van der Waals surface area contributed by atoms with Crippen LogP contribution in [-0.4, -0.2) is 28.4 Å². The Labute approximate surface area is 230 Å². The highest BCUT2D eigenvalue weighted by Crippen LogP contribution is 2.62. The van der Waals surface area contributed by atoms with Crippen molar-refractivity contribution < 1.29 is 14.4 Å². The van der Waals surface area contributed by atoms with E-state index in [1.807, 2.05) is 71.8 Å². The number of nitrogens with one attached hydrogen (secondary N) is 1. The average Bonchev–Trinajstić information content (AvgIpc) is 3.45. The molecule has 0 unspecified atom stereocenters. The molecular formula is C33H23ClN2O3. The molecule has 1 spiro atoms. The van der Waals surface area contributed by atoms with Crippen molar-refractivity contribution in [2.45, 2.75) is 17.5 Å². The van der Waals surface area contributed by atoms with E-state index in [0.717, 1.165) is 11.1 Å². The maximum absolute atomic E-state index is 14.7. The molecule has 6 heteroatoms. The van der Waals surface area contributed by atoms with Crippen LogP contribution in [0.3, 0.4) is 0 Å². The van der Waals surface area contributed by atoms with Crippen molar-refractivity contribution in [2.75, 3.05) is 5.32 Å². The van der Waals surface area contributed by atoms with E-state index in [1.165, 1.54) is 0 Å². The molecule has 3 aliphatic rings. The van der Waals surface area contributed by atoms with Gasteiger partial charge in [-0.05, 0) is 41.0 Å². The topological polar surface area (TPSA) is 66.5 Å². The number of rotatable bonds is 4. The van der Waals surface area contributed by atoms with Crippen LogP contribution in [0.15, 0.2) is 109 Å². The Kier molecular flexibility index (Phi) is 5.32. The molecule has 5 nitrogen and oxygen atoms in total. The summed E-state index contributed by atoms with van der Waals surface area (Å²) in [4.78, 5) is 45.5. The van der Waals surface area contributed by atoms with Crippen LogP contribution < -0.4 is 5.32 Å². The molecule has 1 fully saturated rings. The number of anilines is 1. The van der Waals surface area contributed by atoms with Crippen molar-refractivity contribution >= 4 is 40.8 Å². The molecule has 0 aliphatic carbocycles. The van der Waals surface area contributed by atoms with E-state index in [0.29, 0.717) is 22.4 Å². The fourth-order valence-corrected chi connectivity index (χ4v) is 7.00. The molecule has 190 valence electrons. The number of amides is 1. The van der Waals surface area contributed by atoms with Gasteiger partial charge in [0, 0.05) is 23.0 Å². The van der Waals surface area contributed by atoms with Gasteiger partial charge in [-0.25, -0.2) is 0 Å². The minimum Gasteiger partial charge on any atom is -0.358 e. The maximum atomic E-state index is 14.7. The van der Waals surface area contributed by atoms with E-state index in [4.69, 9.17) is 11.6 Å². The number of para-hydroxylation sites is 1. The summed E-state index contributed by atoms with van der Waals surface area (Å²) in [5, 5.41) is 3.35. The predicted molar refractivity (Wildman–Crippen MR) is 151 cm³/mol. The van der Waals surface area contributed by atoms with Gasteiger partial charge in [0.1, 0.15) is 11.5 Å². The quantitative estimate of drug-likeness (QED) is 0.313. The fourth-order valence-electron chi connectivity index (χ4n) is 6.77. The van der Waals surface area contributed by atoms with Crippen LogP contribution in [-0.2, 0) is 10.2 Å². The molecule has 4 atom stereocenters. The molecule has 0 saturated carbocycles.